The summed E-state index contributed by atoms with van der Waals surface area (Å²) >= 11 is 12.0. The van der Waals surface area contributed by atoms with E-state index < -0.39 is 0 Å². The molecule has 2 aromatic carbocycles. The van der Waals surface area contributed by atoms with E-state index in [-0.39, 0.29) is 5.82 Å². The molecule has 0 amide bonds. The Morgan fingerprint density at radius 2 is 1.67 bits per heavy atom. The molecule has 0 atom stereocenters. The summed E-state index contributed by atoms with van der Waals surface area (Å²) in [4.78, 5) is 0. The Morgan fingerprint density at radius 3 is 2.39 bits per heavy atom. The first-order chi connectivity index (χ1) is 8.65. The lowest BCUT2D eigenvalue weighted by atomic mass is 10.0. The SMILES string of the molecule is NCCc1cccc(-c2cccc(Cl)c2Cl)c1F. The van der Waals surface area contributed by atoms with Crippen molar-refractivity contribution in [2.24, 2.45) is 5.73 Å². The predicted molar refractivity (Wildman–Crippen MR) is 74.6 cm³/mol. The van der Waals surface area contributed by atoms with Crippen molar-refractivity contribution in [1.29, 1.82) is 0 Å². The van der Waals surface area contributed by atoms with Crippen molar-refractivity contribution in [3.63, 3.8) is 0 Å². The molecule has 0 bridgehead atoms. The zero-order chi connectivity index (χ0) is 13.1. The van der Waals surface area contributed by atoms with Crippen molar-refractivity contribution in [2.45, 2.75) is 6.42 Å². The van der Waals surface area contributed by atoms with Gasteiger partial charge in [-0.3, -0.25) is 0 Å². The second kappa shape index (κ2) is 5.70. The minimum Gasteiger partial charge on any atom is -0.330 e. The van der Waals surface area contributed by atoms with Gasteiger partial charge in [0.25, 0.3) is 0 Å². The molecule has 0 radical (unpaired) electrons. The molecular formula is C14H12Cl2FN. The number of halogens is 3. The third-order valence-electron chi connectivity index (χ3n) is 2.73. The normalized spacial score (nSPS) is 10.7. The van der Waals surface area contributed by atoms with Gasteiger partial charge < -0.3 is 5.73 Å². The van der Waals surface area contributed by atoms with E-state index in [2.05, 4.69) is 0 Å². The monoisotopic (exact) mass is 283 g/mol. The number of rotatable bonds is 3. The van der Waals surface area contributed by atoms with Crippen LogP contribution in [0.1, 0.15) is 5.56 Å². The molecule has 0 heterocycles. The molecule has 2 rings (SSSR count). The number of benzene rings is 2. The van der Waals surface area contributed by atoms with Gasteiger partial charge in [0.15, 0.2) is 0 Å². The summed E-state index contributed by atoms with van der Waals surface area (Å²) in [5.41, 5.74) is 7.10. The van der Waals surface area contributed by atoms with E-state index in [1.807, 2.05) is 0 Å². The molecule has 18 heavy (non-hydrogen) atoms. The van der Waals surface area contributed by atoms with Gasteiger partial charge in [0.2, 0.25) is 0 Å². The van der Waals surface area contributed by atoms with Crippen LogP contribution >= 0.6 is 23.2 Å². The van der Waals surface area contributed by atoms with E-state index in [1.165, 1.54) is 0 Å². The van der Waals surface area contributed by atoms with E-state index >= 15 is 0 Å². The van der Waals surface area contributed by atoms with Gasteiger partial charge in [-0.2, -0.15) is 0 Å². The fourth-order valence-corrected chi connectivity index (χ4v) is 2.25. The molecule has 0 saturated carbocycles. The maximum Gasteiger partial charge on any atom is 0.134 e. The first-order valence-electron chi connectivity index (χ1n) is 5.57. The molecule has 0 spiro atoms. The Hall–Kier alpha value is -1.09. The standard InChI is InChI=1S/C14H12Cl2FN/c15-12-6-2-4-10(13(12)16)11-5-1-3-9(7-8-18)14(11)17/h1-6H,7-8,18H2. The van der Waals surface area contributed by atoms with Gasteiger partial charge in [0.1, 0.15) is 5.82 Å². The van der Waals surface area contributed by atoms with Gasteiger partial charge in [0.05, 0.1) is 10.0 Å². The molecule has 0 saturated heterocycles. The molecule has 0 fully saturated rings. The highest BCUT2D eigenvalue weighted by molar-refractivity contribution is 6.43. The van der Waals surface area contributed by atoms with E-state index in [4.69, 9.17) is 28.9 Å². The molecule has 0 aliphatic heterocycles. The van der Waals surface area contributed by atoms with Gasteiger partial charge in [-0.05, 0) is 24.6 Å². The summed E-state index contributed by atoms with van der Waals surface area (Å²) < 4.78 is 14.3. The molecule has 1 nitrogen and oxygen atoms in total. The maximum atomic E-state index is 14.3. The molecule has 94 valence electrons. The largest absolute Gasteiger partial charge is 0.330 e. The van der Waals surface area contributed by atoms with E-state index in [0.29, 0.717) is 39.7 Å². The second-order valence-corrected chi connectivity index (χ2v) is 4.70. The number of nitrogens with two attached hydrogens (primary N) is 1. The molecule has 0 unspecified atom stereocenters. The molecule has 2 aromatic rings. The minimum absolute atomic E-state index is 0.285. The molecule has 0 aliphatic carbocycles. The van der Waals surface area contributed by atoms with Crippen molar-refractivity contribution in [2.75, 3.05) is 6.54 Å². The molecule has 4 heteroatoms. The number of hydrogen-bond donors (Lipinski definition) is 1. The van der Waals surface area contributed by atoms with Crippen molar-refractivity contribution in [3.8, 4) is 11.1 Å². The highest BCUT2D eigenvalue weighted by Crippen LogP contribution is 2.35. The van der Waals surface area contributed by atoms with Crippen LogP contribution in [0.25, 0.3) is 11.1 Å². The summed E-state index contributed by atoms with van der Waals surface area (Å²) in [5.74, 6) is -0.285. The quantitative estimate of drug-likeness (QED) is 0.893. The van der Waals surface area contributed by atoms with Crippen LogP contribution in [0.2, 0.25) is 10.0 Å². The van der Waals surface area contributed by atoms with E-state index in [0.717, 1.165) is 0 Å². The van der Waals surface area contributed by atoms with Crippen LogP contribution in [0.4, 0.5) is 4.39 Å². The zero-order valence-electron chi connectivity index (χ0n) is 9.59. The Balaban J connectivity index is 2.57. The minimum atomic E-state index is -0.285. The number of hydrogen-bond acceptors (Lipinski definition) is 1. The van der Waals surface area contributed by atoms with Gasteiger partial charge in [-0.15, -0.1) is 0 Å². The van der Waals surface area contributed by atoms with Crippen LogP contribution in [0.5, 0.6) is 0 Å². The van der Waals surface area contributed by atoms with Crippen LogP contribution in [0.3, 0.4) is 0 Å². The van der Waals surface area contributed by atoms with Crippen molar-refractivity contribution < 1.29 is 4.39 Å². The summed E-state index contributed by atoms with van der Waals surface area (Å²) in [6.07, 6.45) is 0.498. The predicted octanol–water partition coefficient (Wildman–Crippen LogP) is 4.30. The van der Waals surface area contributed by atoms with Gasteiger partial charge in [-0.1, -0.05) is 53.5 Å². The summed E-state index contributed by atoms with van der Waals surface area (Å²) in [6, 6.07) is 10.4. The molecule has 2 N–H and O–H groups in total. The van der Waals surface area contributed by atoms with Gasteiger partial charge in [0, 0.05) is 11.1 Å². The van der Waals surface area contributed by atoms with Crippen molar-refractivity contribution in [3.05, 3.63) is 57.8 Å². The Morgan fingerprint density at radius 1 is 1.00 bits per heavy atom. The Labute approximate surface area is 115 Å². The smallest absolute Gasteiger partial charge is 0.134 e. The van der Waals surface area contributed by atoms with Crippen LogP contribution in [-0.2, 0) is 6.42 Å². The zero-order valence-corrected chi connectivity index (χ0v) is 11.1. The van der Waals surface area contributed by atoms with Crippen LogP contribution in [0.15, 0.2) is 36.4 Å². The fourth-order valence-electron chi connectivity index (χ4n) is 1.85. The average molecular weight is 284 g/mol. The Bertz CT molecular complexity index is 570. The van der Waals surface area contributed by atoms with Gasteiger partial charge in [-0.25, -0.2) is 4.39 Å². The summed E-state index contributed by atoms with van der Waals surface area (Å²) in [7, 11) is 0. The summed E-state index contributed by atoms with van der Waals surface area (Å²) in [6.45, 7) is 0.406. The van der Waals surface area contributed by atoms with Crippen molar-refractivity contribution in [1.82, 2.24) is 0 Å². The van der Waals surface area contributed by atoms with Gasteiger partial charge >= 0.3 is 0 Å². The lowest BCUT2D eigenvalue weighted by molar-refractivity contribution is 0.613. The van der Waals surface area contributed by atoms with Crippen molar-refractivity contribution >= 4 is 23.2 Å². The molecule has 0 aliphatic rings. The van der Waals surface area contributed by atoms with Crippen LogP contribution < -0.4 is 5.73 Å². The third-order valence-corrected chi connectivity index (χ3v) is 3.55. The lowest BCUT2D eigenvalue weighted by Gasteiger charge is -2.10. The van der Waals surface area contributed by atoms with Crippen LogP contribution in [0, 0.1) is 5.82 Å². The molecule has 0 aromatic heterocycles. The molecular weight excluding hydrogens is 272 g/mol. The van der Waals surface area contributed by atoms with Crippen LogP contribution in [-0.4, -0.2) is 6.54 Å². The third kappa shape index (κ3) is 2.51. The van der Waals surface area contributed by atoms with E-state index in [9.17, 15) is 4.39 Å². The lowest BCUT2D eigenvalue weighted by Crippen LogP contribution is -2.05. The first kappa shape index (κ1) is 13.3. The average Bonchev–Trinajstić information content (AvgIpc) is 2.36. The highest BCUT2D eigenvalue weighted by atomic mass is 35.5. The topological polar surface area (TPSA) is 26.0 Å². The first-order valence-corrected chi connectivity index (χ1v) is 6.32. The Kier molecular flexibility index (Phi) is 4.23. The highest BCUT2D eigenvalue weighted by Gasteiger charge is 2.13. The second-order valence-electron chi connectivity index (χ2n) is 3.92. The maximum absolute atomic E-state index is 14.3. The van der Waals surface area contributed by atoms with E-state index in [1.54, 1.807) is 36.4 Å². The summed E-state index contributed by atoms with van der Waals surface area (Å²) in [5, 5.41) is 0.778. The fraction of sp³-hybridized carbons (Fsp3) is 0.143.